The summed E-state index contributed by atoms with van der Waals surface area (Å²) in [7, 11) is 0. The van der Waals surface area contributed by atoms with E-state index in [-0.39, 0.29) is 64.9 Å². The standard InChI is InChI=1S/Mg.H3N.6H2O.2H/h;1H3;6*1H2;;/q+2;;;;;;;;2*-1. The fourth-order valence-electron chi connectivity index (χ4n) is 0. The molecule has 60 valence electrons. The third kappa shape index (κ3) is 826. The van der Waals surface area contributed by atoms with Crippen LogP contribution < -0.4 is 6.15 Å². The van der Waals surface area contributed by atoms with E-state index in [0.717, 1.165) is 0 Å². The van der Waals surface area contributed by atoms with E-state index in [1.807, 2.05) is 0 Å². The molecule has 0 aromatic carbocycles. The maximum Gasteiger partial charge on any atom is 2.00 e. The molecule has 0 bridgehead atoms. The average Bonchev–Trinajstić information content (AvgIpc) is 0. The Morgan fingerprint density at radius 3 is 0.500 bits per heavy atom. The molecule has 0 saturated heterocycles. The predicted molar refractivity (Wildman–Crippen MR) is 34.7 cm³/mol. The molecule has 0 rings (SSSR count). The van der Waals surface area contributed by atoms with E-state index in [9.17, 15) is 0 Å². The molecule has 0 spiro atoms. The van der Waals surface area contributed by atoms with Crippen molar-refractivity contribution in [3.8, 4) is 0 Å². The molecule has 0 aliphatic rings. The molecule has 0 heterocycles. The van der Waals surface area contributed by atoms with Gasteiger partial charge in [-0.3, -0.25) is 0 Å². The average molecular weight is 151 g/mol. The van der Waals surface area contributed by atoms with Crippen LogP contribution in [0.5, 0.6) is 0 Å². The van der Waals surface area contributed by atoms with Crippen LogP contribution in [0.15, 0.2) is 0 Å². The van der Waals surface area contributed by atoms with E-state index < -0.39 is 0 Å². The van der Waals surface area contributed by atoms with Crippen molar-refractivity contribution in [2.45, 2.75) is 0 Å². The van der Waals surface area contributed by atoms with Gasteiger partial charge in [0.15, 0.2) is 0 Å². The number of rotatable bonds is 0. The summed E-state index contributed by atoms with van der Waals surface area (Å²) in [6.45, 7) is 0. The summed E-state index contributed by atoms with van der Waals surface area (Å²) in [5, 5.41) is 0. The van der Waals surface area contributed by atoms with Gasteiger partial charge in [0.1, 0.15) is 0 Å². The van der Waals surface area contributed by atoms with Crippen LogP contribution in [-0.2, 0) is 0 Å². The first kappa shape index (κ1) is 2010. The first-order valence-electron chi connectivity index (χ1n) is 0. The fourth-order valence-corrected chi connectivity index (χ4v) is 0. The van der Waals surface area contributed by atoms with E-state index in [1.54, 1.807) is 0 Å². The second-order valence-corrected chi connectivity index (χ2v) is 0. The van der Waals surface area contributed by atoms with Gasteiger partial charge in [-0.25, -0.2) is 0 Å². The molecule has 7 nitrogen and oxygen atoms in total. The van der Waals surface area contributed by atoms with Crippen molar-refractivity contribution in [2.75, 3.05) is 0 Å². The molecular weight excluding hydrogens is 134 g/mol. The molecule has 0 saturated carbocycles. The van der Waals surface area contributed by atoms with Gasteiger partial charge in [-0.2, -0.15) is 0 Å². The Hall–Kier alpha value is 0.486. The zero-order chi connectivity index (χ0) is 0. The van der Waals surface area contributed by atoms with Crippen LogP contribution in [0.3, 0.4) is 0 Å². The quantitative estimate of drug-likeness (QED) is 0.330. The molecule has 0 atom stereocenters. The van der Waals surface area contributed by atoms with Crippen LogP contribution >= 0.6 is 0 Å². The van der Waals surface area contributed by atoms with Crippen LogP contribution in [0, 0.1) is 0 Å². The van der Waals surface area contributed by atoms with Gasteiger partial charge in [0.05, 0.1) is 0 Å². The molecule has 0 fully saturated rings. The third-order valence-electron chi connectivity index (χ3n) is 0. The molecule has 0 aromatic rings. The van der Waals surface area contributed by atoms with Gasteiger partial charge in [0.25, 0.3) is 0 Å². The van der Waals surface area contributed by atoms with E-state index in [0.29, 0.717) is 0 Å². The van der Waals surface area contributed by atoms with Gasteiger partial charge in [-0.1, -0.05) is 0 Å². The van der Waals surface area contributed by atoms with Crippen molar-refractivity contribution in [3.05, 3.63) is 0 Å². The van der Waals surface area contributed by atoms with Crippen molar-refractivity contribution in [1.82, 2.24) is 6.15 Å². The first-order chi connectivity index (χ1) is 0. The Labute approximate surface area is 65.6 Å². The molecule has 15 N–H and O–H groups in total. The van der Waals surface area contributed by atoms with Crippen molar-refractivity contribution >= 4 is 23.1 Å². The molecule has 0 unspecified atom stereocenters. The van der Waals surface area contributed by atoms with E-state index in [4.69, 9.17) is 0 Å². The number of hydrogen-bond acceptors (Lipinski definition) is 1. The summed E-state index contributed by atoms with van der Waals surface area (Å²) < 4.78 is 0. The van der Waals surface area contributed by atoms with Gasteiger partial charge in [-0.05, 0) is 0 Å². The minimum atomic E-state index is 0. The van der Waals surface area contributed by atoms with E-state index >= 15 is 0 Å². The van der Waals surface area contributed by atoms with Gasteiger partial charge < -0.3 is 41.9 Å². The summed E-state index contributed by atoms with van der Waals surface area (Å²) in [5.74, 6) is 0. The van der Waals surface area contributed by atoms with Crippen molar-refractivity contribution < 1.29 is 35.7 Å². The van der Waals surface area contributed by atoms with Crippen molar-refractivity contribution in [1.29, 1.82) is 0 Å². The Kier molecular flexibility index (Phi) is 335000. The van der Waals surface area contributed by atoms with Crippen LogP contribution in [0.2, 0.25) is 0 Å². The zero-order valence-corrected chi connectivity index (χ0v) is 5.83. The first-order valence-corrected chi connectivity index (χ1v) is 0. The molecular formula is H17MgNO6. The molecule has 0 aromatic heterocycles. The van der Waals surface area contributed by atoms with E-state index in [1.165, 1.54) is 0 Å². The third-order valence-corrected chi connectivity index (χ3v) is 0. The molecule has 0 radical (unpaired) electrons. The Morgan fingerprint density at radius 2 is 0.500 bits per heavy atom. The SMILES string of the molecule is N.O.O.O.O.O.O.[H-].[H-].[Mg+2]. The Morgan fingerprint density at radius 1 is 0.500 bits per heavy atom. The van der Waals surface area contributed by atoms with Crippen LogP contribution in [0.25, 0.3) is 0 Å². The molecule has 0 aliphatic carbocycles. The van der Waals surface area contributed by atoms with Gasteiger partial charge in [0, 0.05) is 0 Å². The van der Waals surface area contributed by atoms with Crippen LogP contribution in [-0.4, -0.2) is 55.9 Å². The summed E-state index contributed by atoms with van der Waals surface area (Å²) in [5.41, 5.74) is 0. The van der Waals surface area contributed by atoms with Crippen molar-refractivity contribution in [2.24, 2.45) is 0 Å². The topological polar surface area (TPSA) is 224 Å². The molecule has 0 aliphatic heterocycles. The minimum Gasteiger partial charge on any atom is -1.00 e. The molecule has 8 heavy (non-hydrogen) atoms. The smallest absolute Gasteiger partial charge is 1.00 e. The van der Waals surface area contributed by atoms with Crippen molar-refractivity contribution in [3.63, 3.8) is 0 Å². The largest absolute Gasteiger partial charge is 2.00 e. The minimum absolute atomic E-state index is 0. The normalized spacial score (nSPS) is 0. The second-order valence-electron chi connectivity index (χ2n) is 0. The van der Waals surface area contributed by atoms with Gasteiger partial charge in [-0.15, -0.1) is 0 Å². The summed E-state index contributed by atoms with van der Waals surface area (Å²) >= 11 is 0. The molecule has 8 heteroatoms. The zero-order valence-electron chi connectivity index (χ0n) is 6.41. The summed E-state index contributed by atoms with van der Waals surface area (Å²) in [4.78, 5) is 0. The van der Waals surface area contributed by atoms with Gasteiger partial charge >= 0.3 is 23.1 Å². The number of hydrogen-bond donors (Lipinski definition) is 1. The Bertz CT molecular complexity index is 15.7. The van der Waals surface area contributed by atoms with Crippen LogP contribution in [0.4, 0.5) is 0 Å². The second kappa shape index (κ2) is 1330. The maximum absolute atomic E-state index is 0. The van der Waals surface area contributed by atoms with Crippen LogP contribution in [0.1, 0.15) is 2.85 Å². The molecule has 0 amide bonds. The fraction of sp³-hybridized carbons (Fsp3) is 0. The maximum atomic E-state index is 0. The summed E-state index contributed by atoms with van der Waals surface area (Å²) in [6, 6.07) is 0. The Balaban J connectivity index is 0. The predicted octanol–water partition coefficient (Wildman–Crippen LogP) is -4.94. The summed E-state index contributed by atoms with van der Waals surface area (Å²) in [6.07, 6.45) is 0. The van der Waals surface area contributed by atoms with E-state index in [2.05, 4.69) is 0 Å². The van der Waals surface area contributed by atoms with Gasteiger partial charge in [0.2, 0.25) is 0 Å². The monoisotopic (exact) mass is 151 g/mol.